The molecule has 3 aliphatic rings. The standard InChI is InChI=1S/C37H46N4.C4H8.C2H6.C2H4/c1-5-6-18-34(41-26-14-8-9-16-29(2)35-19-11-12-21-37(35)41)28-40-31(4)32(22-23-33-17-15-25-38-33)27-30(3)36-20-10-7-13-24-39-36;1-4(2)3;2*1-2/h6,8-10,12-18,20-22,24-25,27-29,31,38,40H,5,7,11,19,23,26H2,1-4H3;1H2,2-3H3;1-2H3;1-2H2/b14-8-,16-9-,18-6+,30-27+,32-22+,34-28+;;;. The van der Waals surface area contributed by atoms with E-state index in [0.29, 0.717) is 5.92 Å². The lowest BCUT2D eigenvalue weighted by Crippen LogP contribution is -2.28. The van der Waals surface area contributed by atoms with Gasteiger partial charge in [-0.2, -0.15) is 0 Å². The van der Waals surface area contributed by atoms with Crippen LogP contribution in [0, 0.1) is 5.92 Å². The van der Waals surface area contributed by atoms with Crippen molar-refractivity contribution >= 4 is 5.71 Å². The number of aromatic nitrogens is 1. The summed E-state index contributed by atoms with van der Waals surface area (Å²) in [6, 6.07) is 4.28. The van der Waals surface area contributed by atoms with Gasteiger partial charge in [-0.3, -0.25) is 4.99 Å². The normalized spacial score (nSPS) is 19.6. The van der Waals surface area contributed by atoms with E-state index in [1.54, 1.807) is 0 Å². The summed E-state index contributed by atoms with van der Waals surface area (Å²) in [6.07, 6.45) is 40.1. The second-order valence-electron chi connectivity index (χ2n) is 12.0. The first-order valence-corrected chi connectivity index (χ1v) is 18.0. The molecular weight excluding hydrogens is 597 g/mol. The highest BCUT2D eigenvalue weighted by Crippen LogP contribution is 2.32. The lowest BCUT2D eigenvalue weighted by Gasteiger charge is -2.31. The number of aromatic amines is 1. The van der Waals surface area contributed by atoms with Crippen LogP contribution < -0.4 is 5.32 Å². The number of aliphatic imine (C=N–C) groups is 1. The third-order valence-corrected chi connectivity index (χ3v) is 7.65. The second-order valence-corrected chi connectivity index (χ2v) is 12.0. The van der Waals surface area contributed by atoms with E-state index in [4.69, 9.17) is 0 Å². The zero-order chi connectivity index (χ0) is 36.4. The molecule has 4 rings (SSSR count). The maximum Gasteiger partial charge on any atom is 0.0655 e. The van der Waals surface area contributed by atoms with Gasteiger partial charge in [0.1, 0.15) is 0 Å². The lowest BCUT2D eigenvalue weighted by atomic mass is 9.90. The van der Waals surface area contributed by atoms with Crippen molar-refractivity contribution in [1.29, 1.82) is 0 Å². The topological polar surface area (TPSA) is 43.4 Å². The molecule has 2 unspecified atom stereocenters. The minimum Gasteiger partial charge on any atom is -0.383 e. The monoisotopic (exact) mass is 661 g/mol. The van der Waals surface area contributed by atoms with Gasteiger partial charge >= 0.3 is 0 Å². The van der Waals surface area contributed by atoms with Crippen LogP contribution >= 0.6 is 0 Å². The Hall–Kier alpha value is -4.57. The zero-order valence-electron chi connectivity index (χ0n) is 31.8. The number of H-pyrrole nitrogens is 1. The van der Waals surface area contributed by atoms with Gasteiger partial charge in [0.2, 0.25) is 0 Å². The number of hydrogen-bond acceptors (Lipinski definition) is 3. The highest BCUT2D eigenvalue weighted by atomic mass is 15.2. The summed E-state index contributed by atoms with van der Waals surface area (Å²) in [5.41, 5.74) is 9.76. The summed E-state index contributed by atoms with van der Waals surface area (Å²) in [6.45, 7) is 27.2. The van der Waals surface area contributed by atoms with E-state index in [1.165, 1.54) is 33.8 Å². The highest BCUT2D eigenvalue weighted by Gasteiger charge is 2.20. The van der Waals surface area contributed by atoms with E-state index in [2.05, 4.69) is 165 Å². The van der Waals surface area contributed by atoms with Gasteiger partial charge in [0.15, 0.2) is 0 Å². The molecule has 4 heteroatoms. The first-order valence-electron chi connectivity index (χ1n) is 18.0. The van der Waals surface area contributed by atoms with Crippen molar-refractivity contribution in [2.24, 2.45) is 10.9 Å². The van der Waals surface area contributed by atoms with Crippen LogP contribution in [0.3, 0.4) is 0 Å². The number of nitrogens with one attached hydrogen (secondary N) is 2. The average molecular weight is 661 g/mol. The third-order valence-electron chi connectivity index (χ3n) is 7.65. The fourth-order valence-corrected chi connectivity index (χ4v) is 5.22. The minimum absolute atomic E-state index is 0.0971. The Labute approximate surface area is 300 Å². The maximum atomic E-state index is 4.66. The van der Waals surface area contributed by atoms with E-state index in [9.17, 15) is 0 Å². The molecule has 1 aromatic rings. The van der Waals surface area contributed by atoms with Gasteiger partial charge in [0, 0.05) is 49.0 Å². The largest absolute Gasteiger partial charge is 0.383 e. The quantitative estimate of drug-likeness (QED) is 0.194. The van der Waals surface area contributed by atoms with Gasteiger partial charge in [-0.1, -0.05) is 94.0 Å². The van der Waals surface area contributed by atoms with E-state index in [-0.39, 0.29) is 6.04 Å². The van der Waals surface area contributed by atoms with Gasteiger partial charge in [-0.25, -0.2) is 0 Å². The van der Waals surface area contributed by atoms with E-state index >= 15 is 0 Å². The fraction of sp³-hybridized carbons (Fsp3) is 0.356. The SMILES string of the molecule is C=C.C=C(C)C.CC.CC/C=C/C(=C\NC(C)C(/C=C(\C)C1=NC=CCC=C1)=C/Cc1ccc[nH]1)N1C/C=C\C=C/C(C)C2=C1C=CCC2. The maximum absolute atomic E-state index is 4.66. The molecule has 4 nitrogen and oxygen atoms in total. The van der Waals surface area contributed by atoms with E-state index in [1.807, 2.05) is 40.1 Å². The van der Waals surface area contributed by atoms with Crippen LogP contribution in [0.25, 0.3) is 0 Å². The predicted octanol–water partition coefficient (Wildman–Crippen LogP) is 12.2. The van der Waals surface area contributed by atoms with Gasteiger partial charge < -0.3 is 15.2 Å². The van der Waals surface area contributed by atoms with E-state index in [0.717, 1.165) is 49.9 Å². The molecule has 2 atom stereocenters. The Morgan fingerprint density at radius 1 is 1.10 bits per heavy atom. The molecule has 0 aromatic carbocycles. The van der Waals surface area contributed by atoms with Crippen LogP contribution in [-0.2, 0) is 6.42 Å². The van der Waals surface area contributed by atoms with Crippen molar-refractivity contribution < 1.29 is 0 Å². The Kier molecular flexibility index (Phi) is 22.0. The summed E-state index contributed by atoms with van der Waals surface area (Å²) in [7, 11) is 0. The molecule has 0 saturated carbocycles. The van der Waals surface area contributed by atoms with Gasteiger partial charge in [-0.15, -0.1) is 19.7 Å². The van der Waals surface area contributed by atoms with Crippen LogP contribution in [0.1, 0.15) is 86.8 Å². The van der Waals surface area contributed by atoms with Crippen molar-refractivity contribution in [2.45, 2.75) is 93.5 Å². The summed E-state index contributed by atoms with van der Waals surface area (Å²) < 4.78 is 0. The van der Waals surface area contributed by atoms with Crippen molar-refractivity contribution in [3.8, 4) is 0 Å². The molecule has 0 radical (unpaired) electrons. The molecular formula is C45H64N4. The molecule has 2 aliphatic heterocycles. The second kappa shape index (κ2) is 25.4. The molecule has 49 heavy (non-hydrogen) atoms. The minimum atomic E-state index is 0.0971. The molecule has 2 N–H and O–H groups in total. The van der Waals surface area contributed by atoms with Crippen molar-refractivity contribution in [3.63, 3.8) is 0 Å². The van der Waals surface area contributed by atoms with Crippen LogP contribution in [0.4, 0.5) is 0 Å². The number of allylic oxidation sites excluding steroid dienone is 14. The summed E-state index contributed by atoms with van der Waals surface area (Å²) >= 11 is 0. The van der Waals surface area contributed by atoms with Crippen molar-refractivity contribution in [1.82, 2.24) is 15.2 Å². The number of hydrogen-bond donors (Lipinski definition) is 2. The molecule has 0 spiro atoms. The fourth-order valence-electron chi connectivity index (χ4n) is 5.22. The Morgan fingerprint density at radius 2 is 1.86 bits per heavy atom. The summed E-state index contributed by atoms with van der Waals surface area (Å²) in [5, 5.41) is 3.76. The van der Waals surface area contributed by atoms with Crippen molar-refractivity contribution in [2.75, 3.05) is 6.54 Å². The smallest absolute Gasteiger partial charge is 0.0655 e. The van der Waals surface area contributed by atoms with Gasteiger partial charge in [0.05, 0.1) is 11.4 Å². The average Bonchev–Trinajstić information content (AvgIpc) is 3.52. The molecule has 0 bridgehead atoms. The highest BCUT2D eigenvalue weighted by molar-refractivity contribution is 6.08. The Morgan fingerprint density at radius 3 is 2.55 bits per heavy atom. The molecule has 3 heterocycles. The molecule has 0 fully saturated rings. The first-order chi connectivity index (χ1) is 23.8. The van der Waals surface area contributed by atoms with Gasteiger partial charge in [0.25, 0.3) is 0 Å². The zero-order valence-corrected chi connectivity index (χ0v) is 31.8. The summed E-state index contributed by atoms with van der Waals surface area (Å²) in [5.74, 6) is 0.412. The predicted molar refractivity (Wildman–Crippen MR) is 219 cm³/mol. The van der Waals surface area contributed by atoms with Crippen LogP contribution in [0.5, 0.6) is 0 Å². The number of rotatable bonds is 10. The van der Waals surface area contributed by atoms with Gasteiger partial charge in [-0.05, 0) is 106 Å². The van der Waals surface area contributed by atoms with Crippen LogP contribution in [-0.4, -0.2) is 28.2 Å². The Bertz CT molecular complexity index is 1460. The number of nitrogens with zero attached hydrogens (tertiary/aromatic N) is 2. The van der Waals surface area contributed by atoms with Crippen LogP contribution in [0.15, 0.2) is 168 Å². The Balaban J connectivity index is 0.00000137. The molecule has 0 amide bonds. The van der Waals surface area contributed by atoms with Crippen molar-refractivity contribution in [3.05, 3.63) is 169 Å². The first kappa shape index (κ1) is 42.5. The molecule has 1 aromatic heterocycles. The third kappa shape index (κ3) is 15.9. The van der Waals surface area contributed by atoms with Crippen LogP contribution in [0.2, 0.25) is 0 Å². The summed E-state index contributed by atoms with van der Waals surface area (Å²) in [4.78, 5) is 10.5. The molecule has 1 aliphatic carbocycles. The lowest BCUT2D eigenvalue weighted by molar-refractivity contribution is 0.477. The van der Waals surface area contributed by atoms with E-state index < -0.39 is 0 Å². The molecule has 264 valence electrons. The molecule has 0 saturated heterocycles.